The summed E-state index contributed by atoms with van der Waals surface area (Å²) in [6.45, 7) is 1.78. The summed E-state index contributed by atoms with van der Waals surface area (Å²) in [6.07, 6.45) is 7.75. The van der Waals surface area contributed by atoms with Crippen molar-refractivity contribution in [2.24, 2.45) is 11.7 Å². The van der Waals surface area contributed by atoms with Crippen molar-refractivity contribution in [1.82, 2.24) is 9.97 Å². The molecule has 1 amide bonds. The molecule has 0 bridgehead atoms. The highest BCUT2D eigenvalue weighted by molar-refractivity contribution is 9.10. The van der Waals surface area contributed by atoms with Gasteiger partial charge in [-0.3, -0.25) is 4.79 Å². The summed E-state index contributed by atoms with van der Waals surface area (Å²) in [5.41, 5.74) is 8.81. The van der Waals surface area contributed by atoms with Crippen LogP contribution < -0.4 is 16.0 Å². The molecule has 2 aromatic heterocycles. The summed E-state index contributed by atoms with van der Waals surface area (Å²) >= 11 is 3.63. The smallest absolute Gasteiger partial charge is 0.227 e. The van der Waals surface area contributed by atoms with Gasteiger partial charge in [0.05, 0.1) is 21.2 Å². The molecular weight excluding hydrogens is 466 g/mol. The molecule has 1 saturated carbocycles. The van der Waals surface area contributed by atoms with Crippen LogP contribution in [0.15, 0.2) is 16.9 Å². The molecule has 0 radical (unpaired) electrons. The highest BCUT2D eigenvalue weighted by Crippen LogP contribution is 2.39. The van der Waals surface area contributed by atoms with E-state index in [0.717, 1.165) is 72.8 Å². The van der Waals surface area contributed by atoms with Gasteiger partial charge in [0.15, 0.2) is 0 Å². The number of anilines is 2. The van der Waals surface area contributed by atoms with Gasteiger partial charge in [0.25, 0.3) is 0 Å². The van der Waals surface area contributed by atoms with Crippen molar-refractivity contribution in [1.29, 1.82) is 0 Å². The number of aromatic nitrogens is 2. The third-order valence-corrected chi connectivity index (χ3v) is 5.19. The zero-order valence-corrected chi connectivity index (χ0v) is 18.0. The number of piperidine rings is 1. The summed E-state index contributed by atoms with van der Waals surface area (Å²) in [5, 5.41) is 11.0. The van der Waals surface area contributed by atoms with Crippen LogP contribution in [0.25, 0.3) is 11.0 Å². The Kier molecular flexibility index (Phi) is 7.45. The number of H-pyrrole nitrogens is 1. The fourth-order valence-corrected chi connectivity index (χ4v) is 3.81. The number of aliphatic hydroxyl groups excluding tert-OH is 1. The lowest BCUT2D eigenvalue weighted by molar-refractivity contribution is -0.117. The second kappa shape index (κ2) is 9.16. The molecule has 2 aliphatic rings. The summed E-state index contributed by atoms with van der Waals surface area (Å²) < 4.78 is 0.931. The molecule has 9 heteroatoms. The molecule has 1 saturated heterocycles. The Morgan fingerprint density at radius 2 is 2.15 bits per heavy atom. The number of fused-ring (bicyclic) bond motifs is 1. The van der Waals surface area contributed by atoms with Crippen LogP contribution >= 0.6 is 32.9 Å². The third-order valence-electron chi connectivity index (χ3n) is 4.61. The van der Waals surface area contributed by atoms with Crippen LogP contribution in [0, 0.1) is 5.92 Å². The average molecular weight is 491 g/mol. The van der Waals surface area contributed by atoms with Crippen molar-refractivity contribution >= 4 is 61.2 Å². The van der Waals surface area contributed by atoms with Gasteiger partial charge in [-0.2, -0.15) is 0 Å². The normalized spacial score (nSPS) is 19.4. The van der Waals surface area contributed by atoms with Gasteiger partial charge in [-0.25, -0.2) is 4.98 Å². The van der Waals surface area contributed by atoms with Gasteiger partial charge in [0.1, 0.15) is 5.65 Å². The maximum absolute atomic E-state index is 12.2. The molecule has 2 fully saturated rings. The summed E-state index contributed by atoms with van der Waals surface area (Å²) in [6, 6.07) is 0.183. The lowest BCUT2D eigenvalue weighted by Gasteiger charge is -2.33. The van der Waals surface area contributed by atoms with Crippen LogP contribution in [0.5, 0.6) is 0 Å². The first-order chi connectivity index (χ1) is 12.1. The van der Waals surface area contributed by atoms with Gasteiger partial charge in [-0.15, -0.1) is 17.0 Å². The molecule has 26 heavy (non-hydrogen) atoms. The number of hydrogen-bond acceptors (Lipinski definition) is 5. The number of nitrogens with two attached hydrogens (primary N) is 1. The van der Waals surface area contributed by atoms with E-state index in [1.165, 1.54) is 0 Å². The molecule has 7 nitrogen and oxygen atoms in total. The van der Waals surface area contributed by atoms with Crippen molar-refractivity contribution in [3.8, 4) is 0 Å². The molecule has 1 atom stereocenters. The van der Waals surface area contributed by atoms with Crippen molar-refractivity contribution in [3.63, 3.8) is 0 Å². The largest absolute Gasteiger partial charge is 0.400 e. The number of hydrogen-bond donors (Lipinski definition) is 4. The summed E-state index contributed by atoms with van der Waals surface area (Å²) in [7, 11) is 1.00. The zero-order valence-electron chi connectivity index (χ0n) is 14.7. The van der Waals surface area contributed by atoms with Gasteiger partial charge < -0.3 is 26.0 Å². The molecule has 3 heterocycles. The first kappa shape index (κ1) is 21.1. The van der Waals surface area contributed by atoms with E-state index in [-0.39, 0.29) is 34.8 Å². The average Bonchev–Trinajstić information content (AvgIpc) is 3.40. The van der Waals surface area contributed by atoms with Crippen LogP contribution in [-0.4, -0.2) is 47.2 Å². The third kappa shape index (κ3) is 4.39. The van der Waals surface area contributed by atoms with Crippen LogP contribution in [-0.2, 0) is 4.79 Å². The highest BCUT2D eigenvalue weighted by Gasteiger charge is 2.31. The number of amides is 1. The Morgan fingerprint density at radius 3 is 2.81 bits per heavy atom. The van der Waals surface area contributed by atoms with Crippen molar-refractivity contribution in [3.05, 3.63) is 16.9 Å². The van der Waals surface area contributed by atoms with Crippen LogP contribution in [0.2, 0.25) is 0 Å². The highest BCUT2D eigenvalue weighted by atomic mass is 79.9. The molecule has 144 valence electrons. The quantitative estimate of drug-likeness (QED) is 0.529. The minimum atomic E-state index is 0. The maximum atomic E-state index is 12.2. The lowest BCUT2D eigenvalue weighted by atomic mass is 10.1. The van der Waals surface area contributed by atoms with Crippen molar-refractivity contribution < 1.29 is 9.90 Å². The lowest BCUT2D eigenvalue weighted by Crippen LogP contribution is -2.43. The van der Waals surface area contributed by atoms with Gasteiger partial charge >= 0.3 is 0 Å². The number of carbonyl (C=O) groups is 1. The van der Waals surface area contributed by atoms with Gasteiger partial charge in [0, 0.05) is 44.6 Å². The Hall–Kier alpha value is -1.16. The van der Waals surface area contributed by atoms with E-state index in [0.29, 0.717) is 0 Å². The van der Waals surface area contributed by atoms with Crippen LogP contribution in [0.4, 0.5) is 11.4 Å². The Morgan fingerprint density at radius 1 is 1.42 bits per heavy atom. The van der Waals surface area contributed by atoms with E-state index in [9.17, 15) is 4.79 Å². The SMILES string of the molecule is Br.CO.N[C@@H]1CCCN(c2c(Br)cnc3[nH]cc(NC(=O)C4CC4)c23)C1. The monoisotopic (exact) mass is 489 g/mol. The summed E-state index contributed by atoms with van der Waals surface area (Å²) in [4.78, 5) is 22.0. The van der Waals surface area contributed by atoms with Gasteiger partial charge in [-0.1, -0.05) is 0 Å². The van der Waals surface area contributed by atoms with Crippen LogP contribution in [0.3, 0.4) is 0 Å². The minimum absolute atomic E-state index is 0. The van der Waals surface area contributed by atoms with Crippen molar-refractivity contribution in [2.45, 2.75) is 31.7 Å². The van der Waals surface area contributed by atoms with E-state index >= 15 is 0 Å². The predicted octanol–water partition coefficient (Wildman–Crippen LogP) is 2.79. The van der Waals surface area contributed by atoms with Crippen LogP contribution in [0.1, 0.15) is 25.7 Å². The molecule has 1 aliphatic carbocycles. The molecule has 5 N–H and O–H groups in total. The Labute approximate surface area is 171 Å². The molecule has 1 aliphatic heterocycles. The van der Waals surface area contributed by atoms with E-state index in [1.54, 1.807) is 6.20 Å². The molecule has 2 aromatic rings. The van der Waals surface area contributed by atoms with Gasteiger partial charge in [-0.05, 0) is 41.6 Å². The standard InChI is InChI=1S/C16H20BrN5O.CH4O.BrH/c17-11-6-19-15-13(14(11)22-5-1-2-10(18)8-22)12(7-20-15)21-16(23)9-3-4-9;1-2;/h6-7,9-10H,1-5,8,18H2,(H,19,20)(H,21,23);2H,1H3;1H/t10-;;/m1../s1. The topological polar surface area (TPSA) is 107 Å². The fraction of sp³-hybridized carbons (Fsp3) is 0.529. The number of carbonyl (C=O) groups excluding carboxylic acids is 1. The number of nitrogens with one attached hydrogen (secondary N) is 2. The number of pyridine rings is 1. The minimum Gasteiger partial charge on any atom is -0.400 e. The van der Waals surface area contributed by atoms with Crippen molar-refractivity contribution in [2.75, 3.05) is 30.4 Å². The number of aromatic amines is 1. The molecule has 0 spiro atoms. The number of halogens is 2. The molecule has 0 aromatic carbocycles. The second-order valence-electron chi connectivity index (χ2n) is 6.49. The molecular formula is C17H25Br2N5O2. The number of aliphatic hydroxyl groups is 1. The fourth-order valence-electron chi connectivity index (χ4n) is 3.26. The van der Waals surface area contributed by atoms with E-state index in [1.807, 2.05) is 6.20 Å². The second-order valence-corrected chi connectivity index (χ2v) is 7.35. The first-order valence-corrected chi connectivity index (χ1v) is 9.34. The first-order valence-electron chi connectivity index (χ1n) is 8.55. The number of nitrogens with zero attached hydrogens (tertiary/aromatic N) is 2. The molecule has 4 rings (SSSR count). The predicted molar refractivity (Wildman–Crippen MR) is 113 cm³/mol. The van der Waals surface area contributed by atoms with Gasteiger partial charge in [0.2, 0.25) is 5.91 Å². The Balaban J connectivity index is 0.000000784. The summed E-state index contributed by atoms with van der Waals surface area (Å²) in [5.74, 6) is 0.277. The van der Waals surface area contributed by atoms with E-state index < -0.39 is 0 Å². The number of rotatable bonds is 3. The Bertz CT molecular complexity index is 763. The zero-order chi connectivity index (χ0) is 18.0. The van der Waals surface area contributed by atoms with E-state index in [4.69, 9.17) is 10.8 Å². The maximum Gasteiger partial charge on any atom is 0.227 e. The molecule has 0 unspecified atom stereocenters. The van der Waals surface area contributed by atoms with E-state index in [2.05, 4.69) is 36.1 Å².